The van der Waals surface area contributed by atoms with Crippen LogP contribution in [0.2, 0.25) is 0 Å². The van der Waals surface area contributed by atoms with Crippen molar-refractivity contribution in [3.63, 3.8) is 0 Å². The fourth-order valence-corrected chi connectivity index (χ4v) is 3.12. The summed E-state index contributed by atoms with van der Waals surface area (Å²) in [7, 11) is 0. The van der Waals surface area contributed by atoms with E-state index in [1.165, 1.54) is 36.4 Å². The molecule has 1 aliphatic rings. The predicted molar refractivity (Wildman–Crippen MR) is 108 cm³/mol. The van der Waals surface area contributed by atoms with E-state index in [1.54, 1.807) is 6.07 Å². The van der Waals surface area contributed by atoms with Crippen LogP contribution < -0.4 is 10.2 Å². The largest absolute Gasteiger partial charge is 0.416 e. The van der Waals surface area contributed by atoms with Crippen LogP contribution in [-0.4, -0.2) is 37.1 Å². The zero-order valence-electron chi connectivity index (χ0n) is 16.4. The Kier molecular flexibility index (Phi) is 6.91. The average molecular weight is 435 g/mol. The number of morpholine rings is 1. The van der Waals surface area contributed by atoms with Crippen LogP contribution in [0.25, 0.3) is 6.08 Å². The van der Waals surface area contributed by atoms with Crippen molar-refractivity contribution >= 4 is 23.4 Å². The lowest BCUT2D eigenvalue weighted by atomic mass is 10.0. The van der Waals surface area contributed by atoms with E-state index < -0.39 is 22.6 Å². The van der Waals surface area contributed by atoms with Crippen LogP contribution in [0.5, 0.6) is 0 Å². The number of halogens is 3. The Morgan fingerprint density at radius 1 is 1.16 bits per heavy atom. The lowest BCUT2D eigenvalue weighted by molar-refractivity contribution is -0.384. The van der Waals surface area contributed by atoms with Crippen molar-refractivity contribution in [1.29, 1.82) is 0 Å². The lowest BCUT2D eigenvalue weighted by Gasteiger charge is -2.29. The molecular weight excluding hydrogens is 415 g/mol. The van der Waals surface area contributed by atoms with Gasteiger partial charge in [-0.25, -0.2) is 0 Å². The molecule has 1 fully saturated rings. The summed E-state index contributed by atoms with van der Waals surface area (Å²) in [6.07, 6.45) is -1.97. The minimum atomic E-state index is -4.56. The highest BCUT2D eigenvalue weighted by Gasteiger charge is 2.34. The molecule has 0 spiro atoms. The number of hydrogen-bond acceptors (Lipinski definition) is 5. The summed E-state index contributed by atoms with van der Waals surface area (Å²) in [5.41, 5.74) is 0.0925. The van der Waals surface area contributed by atoms with Gasteiger partial charge in [0.2, 0.25) is 5.91 Å². The number of nitro groups is 1. The topological polar surface area (TPSA) is 84.7 Å². The second-order valence-electron chi connectivity index (χ2n) is 6.84. The van der Waals surface area contributed by atoms with Crippen molar-refractivity contribution < 1.29 is 27.6 Å². The summed E-state index contributed by atoms with van der Waals surface area (Å²) in [4.78, 5) is 24.0. The summed E-state index contributed by atoms with van der Waals surface area (Å²) in [6, 6.07) is 9.59. The third kappa shape index (κ3) is 6.05. The smallest absolute Gasteiger partial charge is 0.378 e. The number of non-ortho nitro benzene ring substituents is 1. The quantitative estimate of drug-likeness (QED) is 0.424. The van der Waals surface area contributed by atoms with Crippen molar-refractivity contribution in [1.82, 2.24) is 5.32 Å². The van der Waals surface area contributed by atoms with Gasteiger partial charge in [-0.05, 0) is 41.5 Å². The van der Waals surface area contributed by atoms with E-state index in [1.807, 2.05) is 4.90 Å². The number of nitrogens with one attached hydrogen (secondary N) is 1. The molecule has 1 N–H and O–H groups in total. The molecule has 0 unspecified atom stereocenters. The number of nitro benzene ring substituents is 1. The van der Waals surface area contributed by atoms with Crippen molar-refractivity contribution in [2.45, 2.75) is 12.7 Å². The van der Waals surface area contributed by atoms with Crippen LogP contribution in [0, 0.1) is 10.1 Å². The number of anilines is 1. The van der Waals surface area contributed by atoms with Gasteiger partial charge >= 0.3 is 6.18 Å². The first-order chi connectivity index (χ1) is 14.7. The molecule has 0 aromatic heterocycles. The van der Waals surface area contributed by atoms with E-state index in [2.05, 4.69) is 5.32 Å². The number of benzene rings is 2. The fraction of sp³-hybridized carbons (Fsp3) is 0.286. The molecule has 0 atom stereocenters. The van der Waals surface area contributed by atoms with Gasteiger partial charge in [0.05, 0.1) is 23.7 Å². The first kappa shape index (κ1) is 22.3. The highest BCUT2D eigenvalue weighted by Crippen LogP contribution is 2.35. The number of carbonyl (C=O) groups excluding carboxylic acids is 1. The number of rotatable bonds is 6. The van der Waals surface area contributed by atoms with Gasteiger partial charge in [0.1, 0.15) is 0 Å². The SMILES string of the molecule is O=C(C=Cc1ccc([N+](=O)[O-])cc1)NCc1ccc(N2CCOCC2)cc1C(F)(F)F. The monoisotopic (exact) mass is 435 g/mol. The first-order valence-corrected chi connectivity index (χ1v) is 9.47. The van der Waals surface area contributed by atoms with Gasteiger partial charge in [-0.3, -0.25) is 14.9 Å². The summed E-state index contributed by atoms with van der Waals surface area (Å²) in [6.45, 7) is 1.66. The molecule has 164 valence electrons. The summed E-state index contributed by atoms with van der Waals surface area (Å²) >= 11 is 0. The first-order valence-electron chi connectivity index (χ1n) is 9.47. The molecule has 1 heterocycles. The predicted octanol–water partition coefficient (Wildman–Crippen LogP) is 3.78. The van der Waals surface area contributed by atoms with Crippen molar-refractivity contribution in [2.75, 3.05) is 31.2 Å². The molecule has 0 aliphatic carbocycles. The second kappa shape index (κ2) is 9.61. The number of ether oxygens (including phenoxy) is 1. The van der Waals surface area contributed by atoms with Crippen molar-refractivity contribution in [2.24, 2.45) is 0 Å². The van der Waals surface area contributed by atoms with Crippen molar-refractivity contribution in [3.05, 3.63) is 75.3 Å². The third-order valence-electron chi connectivity index (χ3n) is 4.76. The summed E-state index contributed by atoms with van der Waals surface area (Å²) in [5.74, 6) is -0.580. The highest BCUT2D eigenvalue weighted by atomic mass is 19.4. The molecule has 31 heavy (non-hydrogen) atoms. The zero-order valence-corrected chi connectivity index (χ0v) is 16.4. The Balaban J connectivity index is 1.66. The minimum Gasteiger partial charge on any atom is -0.378 e. The van der Waals surface area contributed by atoms with Crippen LogP contribution in [-0.2, 0) is 22.3 Å². The number of amides is 1. The molecule has 0 radical (unpaired) electrons. The van der Waals surface area contributed by atoms with Crippen LogP contribution in [0.4, 0.5) is 24.5 Å². The van der Waals surface area contributed by atoms with E-state index in [-0.39, 0.29) is 17.8 Å². The van der Waals surface area contributed by atoms with Gasteiger partial charge in [-0.2, -0.15) is 13.2 Å². The van der Waals surface area contributed by atoms with E-state index in [0.717, 1.165) is 12.1 Å². The highest BCUT2D eigenvalue weighted by molar-refractivity contribution is 5.91. The number of hydrogen-bond donors (Lipinski definition) is 1. The summed E-state index contributed by atoms with van der Waals surface area (Å²) in [5, 5.41) is 13.1. The average Bonchev–Trinajstić information content (AvgIpc) is 2.76. The molecule has 0 bridgehead atoms. The van der Waals surface area contributed by atoms with E-state index in [9.17, 15) is 28.1 Å². The van der Waals surface area contributed by atoms with Gasteiger partial charge in [-0.1, -0.05) is 6.07 Å². The van der Waals surface area contributed by atoms with E-state index in [0.29, 0.717) is 37.6 Å². The Hall–Kier alpha value is -3.40. The van der Waals surface area contributed by atoms with Crippen LogP contribution in [0.15, 0.2) is 48.5 Å². The molecule has 3 rings (SSSR count). The van der Waals surface area contributed by atoms with Gasteiger partial charge in [-0.15, -0.1) is 0 Å². The van der Waals surface area contributed by atoms with Gasteiger partial charge in [0.15, 0.2) is 0 Å². The Bertz CT molecular complexity index is 969. The normalized spacial score (nSPS) is 14.6. The van der Waals surface area contributed by atoms with Gasteiger partial charge in [0, 0.05) is 43.5 Å². The molecule has 1 amide bonds. The lowest BCUT2D eigenvalue weighted by Crippen LogP contribution is -2.36. The summed E-state index contributed by atoms with van der Waals surface area (Å²) < 4.78 is 45.9. The van der Waals surface area contributed by atoms with Crippen molar-refractivity contribution in [3.8, 4) is 0 Å². The van der Waals surface area contributed by atoms with Gasteiger partial charge in [0.25, 0.3) is 5.69 Å². The number of alkyl halides is 3. The molecule has 2 aromatic carbocycles. The maximum absolute atomic E-state index is 13.6. The molecular formula is C21H20F3N3O4. The van der Waals surface area contributed by atoms with Crippen LogP contribution >= 0.6 is 0 Å². The Morgan fingerprint density at radius 3 is 2.45 bits per heavy atom. The molecule has 1 aliphatic heterocycles. The third-order valence-corrected chi connectivity index (χ3v) is 4.76. The Morgan fingerprint density at radius 2 is 1.84 bits per heavy atom. The molecule has 7 nitrogen and oxygen atoms in total. The molecule has 1 saturated heterocycles. The van der Waals surface area contributed by atoms with Gasteiger partial charge < -0.3 is 15.0 Å². The van der Waals surface area contributed by atoms with E-state index in [4.69, 9.17) is 4.74 Å². The second-order valence-corrected chi connectivity index (χ2v) is 6.84. The molecule has 0 saturated carbocycles. The molecule has 10 heteroatoms. The minimum absolute atomic E-state index is 0.0402. The number of carbonyl (C=O) groups is 1. The maximum Gasteiger partial charge on any atom is 0.416 e. The number of nitrogens with zero attached hydrogens (tertiary/aromatic N) is 2. The maximum atomic E-state index is 13.6. The fourth-order valence-electron chi connectivity index (χ4n) is 3.12. The van der Waals surface area contributed by atoms with Crippen LogP contribution in [0.3, 0.4) is 0 Å². The Labute approximate surface area is 176 Å². The van der Waals surface area contributed by atoms with Crippen LogP contribution in [0.1, 0.15) is 16.7 Å². The standard InChI is InChI=1S/C21H20F3N3O4/c22-21(23,24)19-13-18(26-9-11-31-12-10-26)7-4-16(19)14-25-20(28)8-3-15-1-5-17(6-2-15)27(29)30/h1-8,13H,9-12,14H2,(H,25,28). The molecule has 2 aromatic rings. The zero-order chi connectivity index (χ0) is 22.4. The van der Waals surface area contributed by atoms with E-state index >= 15 is 0 Å².